The van der Waals surface area contributed by atoms with Crippen molar-refractivity contribution in [3.63, 3.8) is 0 Å². The van der Waals surface area contributed by atoms with Gasteiger partial charge in [-0.3, -0.25) is 0 Å². The maximum atomic E-state index is 13.6. The quantitative estimate of drug-likeness (QED) is 0.769. The molecule has 1 fully saturated rings. The molecule has 3 unspecified atom stereocenters. The molecule has 4 nitrogen and oxygen atoms in total. The maximum absolute atomic E-state index is 13.6. The predicted octanol–water partition coefficient (Wildman–Crippen LogP) is 4.20. The molecule has 1 heterocycles. The van der Waals surface area contributed by atoms with Crippen LogP contribution in [0.5, 0.6) is 0 Å². The van der Waals surface area contributed by atoms with Crippen LogP contribution in [0.2, 0.25) is 0 Å². The largest absolute Gasteiger partial charge is 0.479 e. The van der Waals surface area contributed by atoms with E-state index in [4.69, 9.17) is 0 Å². The number of benzene rings is 1. The first kappa shape index (κ1) is 19.2. The molecule has 3 atom stereocenters. The van der Waals surface area contributed by atoms with Crippen molar-refractivity contribution >= 4 is 5.97 Å². The Bertz CT molecular complexity index is 867. The zero-order chi connectivity index (χ0) is 20.1. The lowest BCUT2D eigenvalue weighted by Gasteiger charge is -2.43. The van der Waals surface area contributed by atoms with Gasteiger partial charge in [-0.05, 0) is 55.9 Å². The lowest BCUT2D eigenvalue weighted by atomic mass is 9.67. The minimum atomic E-state index is -4.83. The van der Waals surface area contributed by atoms with E-state index in [0.717, 1.165) is 25.0 Å². The zero-order valence-corrected chi connectivity index (χ0v) is 14.7. The van der Waals surface area contributed by atoms with Gasteiger partial charge in [-0.2, -0.15) is 18.4 Å². The summed E-state index contributed by atoms with van der Waals surface area (Å²) in [4.78, 5) is 11.9. The van der Waals surface area contributed by atoms with Crippen molar-refractivity contribution in [3.05, 3.63) is 46.4 Å². The van der Waals surface area contributed by atoms with Crippen molar-refractivity contribution in [1.82, 2.24) is 5.32 Å². The third-order valence-electron chi connectivity index (χ3n) is 5.47. The zero-order valence-electron chi connectivity index (χ0n) is 14.7. The molecule has 0 saturated heterocycles. The number of aliphatic carboxylic acids is 1. The lowest BCUT2D eigenvalue weighted by Crippen LogP contribution is -2.59. The van der Waals surface area contributed by atoms with Crippen LogP contribution in [0.1, 0.15) is 43.7 Å². The molecule has 1 saturated carbocycles. The third-order valence-corrected chi connectivity index (χ3v) is 5.47. The molecule has 2 aliphatic rings. The molecule has 0 amide bonds. The Morgan fingerprint density at radius 2 is 2.00 bits per heavy atom. The van der Waals surface area contributed by atoms with E-state index in [9.17, 15) is 32.7 Å². The molecule has 1 aromatic carbocycles. The number of carbonyl (C=O) groups is 1. The Labute approximate surface area is 153 Å². The highest BCUT2D eigenvalue weighted by molar-refractivity contribution is 5.81. The first-order valence-corrected chi connectivity index (χ1v) is 8.49. The maximum Gasteiger partial charge on any atom is 0.416 e. The van der Waals surface area contributed by atoms with Gasteiger partial charge in [0.1, 0.15) is 11.4 Å². The average Bonchev–Trinajstić information content (AvgIpc) is 3.40. The topological polar surface area (TPSA) is 73.1 Å². The SMILES string of the molecule is CC1=C(C2CC2)NC(C)(C(=O)O)C(C#N)C1c1ccc(F)cc1C(F)(F)F. The average molecular weight is 382 g/mol. The van der Waals surface area contributed by atoms with E-state index in [-0.39, 0.29) is 11.5 Å². The van der Waals surface area contributed by atoms with Crippen molar-refractivity contribution < 1.29 is 27.5 Å². The second-order valence-electron chi connectivity index (χ2n) is 7.32. The van der Waals surface area contributed by atoms with Crippen LogP contribution in [0.25, 0.3) is 0 Å². The van der Waals surface area contributed by atoms with E-state index < -0.39 is 40.9 Å². The normalized spacial score (nSPS) is 28.5. The number of carboxylic acids is 1. The van der Waals surface area contributed by atoms with Crippen LogP contribution in [0.3, 0.4) is 0 Å². The van der Waals surface area contributed by atoms with Crippen molar-refractivity contribution in [2.75, 3.05) is 0 Å². The second-order valence-corrected chi connectivity index (χ2v) is 7.32. The molecule has 1 aromatic rings. The third kappa shape index (κ3) is 3.15. The van der Waals surface area contributed by atoms with Crippen molar-refractivity contribution in [1.29, 1.82) is 5.26 Å². The number of hydrogen-bond donors (Lipinski definition) is 2. The van der Waals surface area contributed by atoms with Crippen LogP contribution >= 0.6 is 0 Å². The van der Waals surface area contributed by atoms with Crippen LogP contribution in [-0.4, -0.2) is 16.6 Å². The van der Waals surface area contributed by atoms with Gasteiger partial charge in [0.15, 0.2) is 0 Å². The summed E-state index contributed by atoms with van der Waals surface area (Å²) < 4.78 is 54.2. The molecule has 0 spiro atoms. The summed E-state index contributed by atoms with van der Waals surface area (Å²) in [6, 6.07) is 4.20. The highest BCUT2D eigenvalue weighted by Crippen LogP contribution is 2.50. The minimum absolute atomic E-state index is 0.0422. The van der Waals surface area contributed by atoms with E-state index in [1.54, 1.807) is 6.92 Å². The molecular weight excluding hydrogens is 364 g/mol. The number of halogens is 4. The van der Waals surface area contributed by atoms with Gasteiger partial charge in [0.2, 0.25) is 0 Å². The molecule has 2 N–H and O–H groups in total. The van der Waals surface area contributed by atoms with Crippen LogP contribution < -0.4 is 5.32 Å². The number of nitrogens with zero attached hydrogens (tertiary/aromatic N) is 1. The number of nitriles is 1. The molecule has 0 bridgehead atoms. The molecule has 1 aliphatic heterocycles. The molecule has 0 radical (unpaired) electrons. The van der Waals surface area contributed by atoms with E-state index in [1.165, 1.54) is 6.92 Å². The number of rotatable bonds is 3. The number of allylic oxidation sites excluding steroid dienone is 2. The summed E-state index contributed by atoms with van der Waals surface area (Å²) in [5.41, 5.74) is -2.14. The second kappa shape index (κ2) is 6.25. The van der Waals surface area contributed by atoms with E-state index in [0.29, 0.717) is 17.3 Å². The standard InChI is InChI=1S/C19H18F4N2O2/c1-9-15(12-6-5-11(20)7-13(12)19(21,22)23)14(8-24)18(2,17(26)27)25-16(9)10-3-4-10/h5-7,10,14-15,25H,3-4H2,1-2H3,(H,26,27). The van der Waals surface area contributed by atoms with Gasteiger partial charge in [-0.1, -0.05) is 6.07 Å². The molecular formula is C19H18F4N2O2. The van der Waals surface area contributed by atoms with Gasteiger partial charge in [0.25, 0.3) is 0 Å². The Morgan fingerprint density at radius 1 is 1.37 bits per heavy atom. The summed E-state index contributed by atoms with van der Waals surface area (Å²) >= 11 is 0. The fourth-order valence-corrected chi connectivity index (χ4v) is 3.85. The Balaban J connectivity index is 2.27. The molecule has 3 rings (SSSR count). The highest BCUT2D eigenvalue weighted by Gasteiger charge is 2.53. The van der Waals surface area contributed by atoms with Crippen molar-refractivity contribution in [3.8, 4) is 6.07 Å². The van der Waals surface area contributed by atoms with Crippen LogP contribution in [-0.2, 0) is 11.0 Å². The number of carboxylic acid groups (broad SMARTS) is 1. The summed E-state index contributed by atoms with van der Waals surface area (Å²) in [6.45, 7) is 2.92. The summed E-state index contributed by atoms with van der Waals surface area (Å²) in [5, 5.41) is 22.3. The summed E-state index contributed by atoms with van der Waals surface area (Å²) in [6.07, 6.45) is -3.23. The number of hydrogen-bond acceptors (Lipinski definition) is 3. The van der Waals surface area contributed by atoms with E-state index in [1.807, 2.05) is 6.07 Å². The van der Waals surface area contributed by atoms with Gasteiger partial charge in [0, 0.05) is 11.6 Å². The summed E-state index contributed by atoms with van der Waals surface area (Å²) in [5.74, 6) is -4.73. The van der Waals surface area contributed by atoms with E-state index >= 15 is 0 Å². The van der Waals surface area contributed by atoms with Gasteiger partial charge in [-0.15, -0.1) is 0 Å². The van der Waals surface area contributed by atoms with Crippen LogP contribution in [0, 0.1) is 29.0 Å². The lowest BCUT2D eigenvalue weighted by molar-refractivity contribution is -0.146. The highest BCUT2D eigenvalue weighted by atomic mass is 19.4. The Kier molecular flexibility index (Phi) is 4.45. The molecule has 8 heteroatoms. The fourth-order valence-electron chi connectivity index (χ4n) is 3.85. The van der Waals surface area contributed by atoms with Gasteiger partial charge >= 0.3 is 12.1 Å². The van der Waals surface area contributed by atoms with Crippen LogP contribution in [0.15, 0.2) is 29.5 Å². The summed E-state index contributed by atoms with van der Waals surface area (Å²) in [7, 11) is 0. The smallest absolute Gasteiger partial charge is 0.416 e. The predicted molar refractivity (Wildman–Crippen MR) is 87.8 cm³/mol. The number of alkyl halides is 3. The molecule has 1 aliphatic carbocycles. The van der Waals surface area contributed by atoms with Crippen LogP contribution in [0.4, 0.5) is 17.6 Å². The van der Waals surface area contributed by atoms with Crippen molar-refractivity contribution in [2.24, 2.45) is 11.8 Å². The molecule has 27 heavy (non-hydrogen) atoms. The minimum Gasteiger partial charge on any atom is -0.479 e. The van der Waals surface area contributed by atoms with Gasteiger partial charge < -0.3 is 10.4 Å². The van der Waals surface area contributed by atoms with Crippen molar-refractivity contribution in [2.45, 2.75) is 44.3 Å². The first-order valence-electron chi connectivity index (χ1n) is 8.49. The first-order chi connectivity index (χ1) is 12.5. The van der Waals surface area contributed by atoms with Gasteiger partial charge in [-0.25, -0.2) is 9.18 Å². The Hall–Kier alpha value is -2.56. The molecule has 0 aromatic heterocycles. The Morgan fingerprint density at radius 3 is 2.48 bits per heavy atom. The number of nitrogens with one attached hydrogen (secondary N) is 1. The van der Waals surface area contributed by atoms with E-state index in [2.05, 4.69) is 5.32 Å². The fraction of sp³-hybridized carbons (Fsp3) is 0.474. The molecule has 144 valence electrons. The monoisotopic (exact) mass is 382 g/mol. The van der Waals surface area contributed by atoms with Gasteiger partial charge in [0.05, 0.1) is 17.6 Å².